The van der Waals surface area contributed by atoms with Gasteiger partial charge >= 0.3 is 0 Å². The maximum absolute atomic E-state index is 14.6. The summed E-state index contributed by atoms with van der Waals surface area (Å²) in [4.78, 5) is 20.3. The molecule has 1 aromatic carbocycles. The first-order valence-electron chi connectivity index (χ1n) is 9.82. The molecular formula is C23H22ClF3N4O. The number of hydrogen-bond donors (Lipinski definition) is 0. The molecule has 168 valence electrons. The lowest BCUT2D eigenvalue weighted by molar-refractivity contribution is -0.119. The number of anilines is 2. The first-order valence-corrected chi connectivity index (χ1v) is 10.2. The van der Waals surface area contributed by atoms with E-state index >= 15 is 0 Å². The number of rotatable bonds is 4. The summed E-state index contributed by atoms with van der Waals surface area (Å²) in [5, 5.41) is 9.33. The molecule has 1 saturated heterocycles. The molecule has 2 atom stereocenters. The van der Waals surface area contributed by atoms with Crippen LogP contribution in [0.15, 0.2) is 36.5 Å². The summed E-state index contributed by atoms with van der Waals surface area (Å²) in [7, 11) is 1.31. The summed E-state index contributed by atoms with van der Waals surface area (Å²) in [6.45, 7) is 8.46. The maximum atomic E-state index is 14.6. The summed E-state index contributed by atoms with van der Waals surface area (Å²) in [5.74, 6) is -3.11. The van der Waals surface area contributed by atoms with Crippen molar-refractivity contribution in [2.75, 3.05) is 16.8 Å². The monoisotopic (exact) mass is 462 g/mol. The number of aromatic nitrogens is 1. The molecule has 2 unspecified atom stereocenters. The summed E-state index contributed by atoms with van der Waals surface area (Å²) < 4.78 is 42.6. The molecule has 0 radical (unpaired) electrons. The number of allylic oxidation sites excluding steroid dienone is 1. The van der Waals surface area contributed by atoms with Gasteiger partial charge in [0.15, 0.2) is 0 Å². The van der Waals surface area contributed by atoms with Gasteiger partial charge in [0.2, 0.25) is 0 Å². The lowest BCUT2D eigenvalue weighted by Gasteiger charge is -2.31. The molecule has 2 aromatic rings. The van der Waals surface area contributed by atoms with Crippen LogP contribution >= 0.6 is 11.6 Å². The Balaban J connectivity index is 2.08. The zero-order chi connectivity index (χ0) is 24.0. The van der Waals surface area contributed by atoms with E-state index in [0.717, 1.165) is 11.0 Å². The highest BCUT2D eigenvalue weighted by Gasteiger charge is 2.45. The molecule has 1 amide bonds. The lowest BCUT2D eigenvalue weighted by atomic mass is 9.99. The molecule has 2 heterocycles. The average molecular weight is 463 g/mol. The number of nitrogens with zero attached hydrogens (tertiary/aromatic N) is 4. The molecule has 0 aliphatic carbocycles. The van der Waals surface area contributed by atoms with Gasteiger partial charge in [0.05, 0.1) is 22.7 Å². The Kier molecular flexibility index (Phi) is 6.25. The number of amides is 1. The second-order valence-electron chi connectivity index (χ2n) is 8.26. The lowest BCUT2D eigenvalue weighted by Crippen LogP contribution is -2.47. The van der Waals surface area contributed by atoms with E-state index < -0.39 is 35.2 Å². The largest absolute Gasteiger partial charge is 0.317 e. The minimum absolute atomic E-state index is 0.178. The predicted octanol–water partition coefficient (Wildman–Crippen LogP) is 5.42. The third kappa shape index (κ3) is 4.30. The fraction of sp³-hybridized carbons (Fsp3) is 0.348. The van der Waals surface area contributed by atoms with Crippen molar-refractivity contribution in [3.63, 3.8) is 0 Å². The van der Waals surface area contributed by atoms with Gasteiger partial charge in [-0.3, -0.25) is 4.79 Å². The molecule has 5 nitrogen and oxygen atoms in total. The summed E-state index contributed by atoms with van der Waals surface area (Å²) >= 11 is 5.77. The van der Waals surface area contributed by atoms with Crippen molar-refractivity contribution in [3.8, 4) is 6.07 Å². The predicted molar refractivity (Wildman–Crippen MR) is 117 cm³/mol. The first kappa shape index (κ1) is 23.6. The van der Waals surface area contributed by atoms with E-state index in [1.165, 1.54) is 31.9 Å². The highest BCUT2D eigenvalue weighted by atomic mass is 35.5. The fourth-order valence-corrected chi connectivity index (χ4v) is 3.91. The number of carbonyl (C=O) groups excluding carboxylic acids is 1. The minimum Gasteiger partial charge on any atom is -0.317 e. The van der Waals surface area contributed by atoms with E-state index in [2.05, 4.69) is 17.6 Å². The molecule has 3 rings (SSSR count). The van der Waals surface area contributed by atoms with Gasteiger partial charge in [-0.1, -0.05) is 18.2 Å². The summed E-state index contributed by atoms with van der Waals surface area (Å²) in [5.41, 5.74) is -0.584. The van der Waals surface area contributed by atoms with Crippen LogP contribution in [0.4, 0.5) is 24.7 Å². The van der Waals surface area contributed by atoms with Crippen LogP contribution in [0.3, 0.4) is 0 Å². The zero-order valence-electron chi connectivity index (χ0n) is 18.1. The van der Waals surface area contributed by atoms with Gasteiger partial charge in [-0.15, -0.1) is 0 Å². The number of alkyl halides is 1. The number of carbonyl (C=O) groups is 1. The Hall–Kier alpha value is -3.05. The van der Waals surface area contributed by atoms with Crippen LogP contribution in [0.25, 0.3) is 0 Å². The standard InChI is InChI=1S/C23H22ClF3N4O/c1-12-6-15(23(3,4)27)8-20(29-12)31-13(2)7-14(11-28)21(31)22(32)30(5)19-9-16(24)17(25)10-18(19)26/h6,8-10,14,21H,2,7H2,1,3-5H3. The van der Waals surface area contributed by atoms with Crippen LogP contribution in [0.1, 0.15) is 31.5 Å². The fourth-order valence-electron chi connectivity index (χ4n) is 3.75. The quantitative estimate of drug-likeness (QED) is 0.569. The summed E-state index contributed by atoms with van der Waals surface area (Å²) in [6.07, 6.45) is 0.178. The highest BCUT2D eigenvalue weighted by molar-refractivity contribution is 6.31. The second-order valence-corrected chi connectivity index (χ2v) is 8.67. The van der Waals surface area contributed by atoms with Crippen LogP contribution in [-0.2, 0) is 10.5 Å². The highest BCUT2D eigenvalue weighted by Crippen LogP contribution is 2.39. The van der Waals surface area contributed by atoms with E-state index in [1.54, 1.807) is 13.0 Å². The van der Waals surface area contributed by atoms with Gasteiger partial charge in [-0.05, 0) is 44.5 Å². The smallest absolute Gasteiger partial charge is 0.251 e. The van der Waals surface area contributed by atoms with Crippen LogP contribution in [0, 0.1) is 35.8 Å². The number of pyridine rings is 1. The summed E-state index contributed by atoms with van der Waals surface area (Å²) in [6, 6.07) is 5.71. The average Bonchev–Trinajstić information content (AvgIpc) is 3.04. The van der Waals surface area contributed by atoms with E-state index in [-0.39, 0.29) is 22.9 Å². The zero-order valence-corrected chi connectivity index (χ0v) is 18.8. The molecule has 0 N–H and O–H groups in total. The molecule has 0 spiro atoms. The number of likely N-dealkylation sites (N-methyl/N-ethyl adjacent to an activating group) is 1. The van der Waals surface area contributed by atoms with Crippen molar-refractivity contribution < 1.29 is 18.0 Å². The maximum Gasteiger partial charge on any atom is 0.251 e. The van der Waals surface area contributed by atoms with Crippen LogP contribution in [0.2, 0.25) is 5.02 Å². The van der Waals surface area contributed by atoms with Gasteiger partial charge in [0, 0.05) is 30.9 Å². The molecule has 9 heteroatoms. The molecule has 1 aliphatic heterocycles. The first-order chi connectivity index (χ1) is 14.8. The SMILES string of the molecule is C=C1CC(C#N)C(C(=O)N(C)c2cc(Cl)c(F)cc2F)N1c1cc(C(C)(C)F)cc(C)n1. The molecule has 1 aromatic heterocycles. The Morgan fingerprint density at radius 3 is 2.56 bits per heavy atom. The number of benzene rings is 1. The van der Waals surface area contributed by atoms with Gasteiger partial charge in [-0.2, -0.15) is 5.26 Å². The van der Waals surface area contributed by atoms with Crippen LogP contribution < -0.4 is 9.80 Å². The molecule has 1 aliphatic rings. The van der Waals surface area contributed by atoms with Crippen molar-refractivity contribution in [2.45, 2.75) is 38.9 Å². The molecule has 0 bridgehead atoms. The van der Waals surface area contributed by atoms with Crippen molar-refractivity contribution in [1.29, 1.82) is 5.26 Å². The van der Waals surface area contributed by atoms with Gasteiger partial charge in [-0.25, -0.2) is 18.2 Å². The normalized spacial score (nSPS) is 18.6. The Morgan fingerprint density at radius 2 is 1.97 bits per heavy atom. The van der Waals surface area contributed by atoms with Gasteiger partial charge < -0.3 is 9.80 Å². The van der Waals surface area contributed by atoms with E-state index in [4.69, 9.17) is 11.6 Å². The third-order valence-corrected chi connectivity index (χ3v) is 5.72. The number of hydrogen-bond acceptors (Lipinski definition) is 4. The number of nitriles is 1. The minimum atomic E-state index is -1.66. The third-order valence-electron chi connectivity index (χ3n) is 5.43. The molecular weight excluding hydrogens is 441 g/mol. The number of aryl methyl sites for hydroxylation is 1. The Morgan fingerprint density at radius 1 is 1.31 bits per heavy atom. The molecule has 0 saturated carbocycles. The number of halogens is 4. The van der Waals surface area contributed by atoms with E-state index in [0.29, 0.717) is 23.0 Å². The van der Waals surface area contributed by atoms with Crippen LogP contribution in [0.5, 0.6) is 0 Å². The van der Waals surface area contributed by atoms with E-state index in [9.17, 15) is 23.2 Å². The van der Waals surface area contributed by atoms with Crippen molar-refractivity contribution in [3.05, 3.63) is 64.5 Å². The van der Waals surface area contributed by atoms with Crippen molar-refractivity contribution in [2.24, 2.45) is 5.92 Å². The van der Waals surface area contributed by atoms with Crippen molar-refractivity contribution in [1.82, 2.24) is 4.98 Å². The van der Waals surface area contributed by atoms with Gasteiger partial charge in [0.1, 0.15) is 29.2 Å². The topological polar surface area (TPSA) is 60.2 Å². The molecule has 32 heavy (non-hydrogen) atoms. The van der Waals surface area contributed by atoms with Crippen LogP contribution in [-0.4, -0.2) is 24.0 Å². The molecule has 1 fully saturated rings. The van der Waals surface area contributed by atoms with Crippen molar-refractivity contribution >= 4 is 29.0 Å². The van der Waals surface area contributed by atoms with E-state index in [1.807, 2.05) is 0 Å². The Labute approximate surface area is 189 Å². The second kappa shape index (κ2) is 8.47. The Bertz CT molecular complexity index is 1140. The van der Waals surface area contributed by atoms with Gasteiger partial charge in [0.25, 0.3) is 5.91 Å².